The molecule has 0 aromatic carbocycles. The molecule has 0 unspecified atom stereocenters. The molecule has 0 aliphatic rings. The van der Waals surface area contributed by atoms with Crippen molar-refractivity contribution in [1.82, 2.24) is 5.48 Å². The third-order valence-corrected chi connectivity index (χ3v) is 0.893. The fourth-order valence-electron chi connectivity index (χ4n) is 0.500. The van der Waals surface area contributed by atoms with Crippen LogP contribution >= 0.6 is 0 Å². The van der Waals surface area contributed by atoms with Crippen LogP contribution in [-0.2, 0) is 4.84 Å². The van der Waals surface area contributed by atoms with Crippen LogP contribution in [0.5, 0.6) is 0 Å². The van der Waals surface area contributed by atoms with Gasteiger partial charge >= 0.3 is 0 Å². The number of nitrogens with one attached hydrogen (secondary N) is 1. The number of rotatable bonds is 3. The van der Waals surface area contributed by atoms with E-state index in [1.54, 1.807) is 26.1 Å². The van der Waals surface area contributed by atoms with Gasteiger partial charge < -0.3 is 10.6 Å². The fraction of sp³-hybridized carbons (Fsp3) is 0.429. The van der Waals surface area contributed by atoms with Crippen molar-refractivity contribution in [3.8, 4) is 0 Å². The van der Waals surface area contributed by atoms with Gasteiger partial charge in [0.15, 0.2) is 0 Å². The Morgan fingerprint density at radius 2 is 2.17 bits per heavy atom. The number of allylic oxidation sites excluding steroid dienone is 1. The molecule has 0 aromatic heterocycles. The van der Waals surface area contributed by atoms with E-state index in [-0.39, 0.29) is 0 Å². The van der Waals surface area contributed by atoms with Crippen molar-refractivity contribution >= 4 is 11.7 Å². The summed E-state index contributed by atoms with van der Waals surface area (Å²) in [5, 5.41) is 7.34. The molecule has 0 heterocycles. The van der Waals surface area contributed by atoms with Crippen molar-refractivity contribution < 1.29 is 4.84 Å². The van der Waals surface area contributed by atoms with Gasteiger partial charge in [-0.2, -0.15) is 5.48 Å². The van der Waals surface area contributed by atoms with Crippen molar-refractivity contribution in [2.24, 2.45) is 15.9 Å². The van der Waals surface area contributed by atoms with Gasteiger partial charge in [0.05, 0.1) is 0 Å². The first kappa shape index (κ1) is 10.6. The molecule has 5 heteroatoms. The molecule has 0 atom stereocenters. The third kappa shape index (κ3) is 5.43. The minimum Gasteiger partial charge on any atom is -0.392 e. The van der Waals surface area contributed by atoms with E-state index in [4.69, 9.17) is 10.6 Å². The summed E-state index contributed by atoms with van der Waals surface area (Å²) in [4.78, 5) is 4.78. The smallest absolute Gasteiger partial charge is 0.230 e. The molecule has 0 fully saturated rings. The van der Waals surface area contributed by atoms with E-state index in [1.165, 1.54) is 0 Å². The van der Waals surface area contributed by atoms with Crippen LogP contribution in [0.1, 0.15) is 13.8 Å². The van der Waals surface area contributed by atoms with Crippen molar-refractivity contribution in [2.45, 2.75) is 13.8 Å². The summed E-state index contributed by atoms with van der Waals surface area (Å²) in [5.41, 5.74) is 7.87. The van der Waals surface area contributed by atoms with E-state index in [9.17, 15) is 0 Å². The van der Waals surface area contributed by atoms with Gasteiger partial charge in [-0.15, -0.1) is 10.2 Å². The average Bonchev–Trinajstić information content (AvgIpc) is 2.02. The van der Waals surface area contributed by atoms with Gasteiger partial charge in [0, 0.05) is 14.0 Å². The van der Waals surface area contributed by atoms with Crippen LogP contribution in [0.25, 0.3) is 0 Å². The summed E-state index contributed by atoms with van der Waals surface area (Å²) >= 11 is 0. The van der Waals surface area contributed by atoms with Crippen molar-refractivity contribution in [3.63, 3.8) is 0 Å². The van der Waals surface area contributed by atoms with Crippen molar-refractivity contribution in [3.05, 3.63) is 12.2 Å². The predicted octanol–water partition coefficient (Wildman–Crippen LogP) is 0.404. The molecular formula is C7H14N4O. The zero-order chi connectivity index (χ0) is 9.40. The van der Waals surface area contributed by atoms with Gasteiger partial charge in [-0.05, 0) is 13.0 Å². The molecule has 3 N–H and O–H groups in total. The highest BCUT2D eigenvalue weighted by Gasteiger charge is 1.86. The maximum atomic E-state index is 5.41. The van der Waals surface area contributed by atoms with Crippen molar-refractivity contribution in [1.29, 1.82) is 0 Å². The molecule has 0 spiro atoms. The van der Waals surface area contributed by atoms with Gasteiger partial charge in [-0.3, -0.25) is 0 Å². The van der Waals surface area contributed by atoms with Gasteiger partial charge in [-0.25, -0.2) is 0 Å². The maximum Gasteiger partial charge on any atom is 0.230 e. The molecular weight excluding hydrogens is 156 g/mol. The van der Waals surface area contributed by atoms with Crippen LogP contribution in [0.4, 0.5) is 0 Å². The molecule has 0 saturated heterocycles. The highest BCUT2D eigenvalue weighted by Crippen LogP contribution is 1.81. The number of hydrogen-bond donors (Lipinski definition) is 2. The molecule has 68 valence electrons. The lowest BCUT2D eigenvalue weighted by atomic mass is 10.5. The van der Waals surface area contributed by atoms with E-state index >= 15 is 0 Å². The Hall–Kier alpha value is -1.36. The number of hydrogen-bond acceptors (Lipinski definition) is 4. The second kappa shape index (κ2) is 6.36. The zero-order valence-corrected chi connectivity index (χ0v) is 7.53. The van der Waals surface area contributed by atoms with Crippen LogP contribution in [0.15, 0.2) is 22.4 Å². The fourth-order valence-corrected chi connectivity index (χ4v) is 0.500. The summed E-state index contributed by atoms with van der Waals surface area (Å²) in [6, 6.07) is 0. The van der Waals surface area contributed by atoms with E-state index < -0.39 is 0 Å². The summed E-state index contributed by atoms with van der Waals surface area (Å²) in [7, 11) is 1.64. The minimum absolute atomic E-state index is 0.344. The van der Waals surface area contributed by atoms with Gasteiger partial charge in [0.25, 0.3) is 0 Å². The van der Waals surface area contributed by atoms with Crippen LogP contribution in [0.3, 0.4) is 0 Å². The largest absolute Gasteiger partial charge is 0.392 e. The van der Waals surface area contributed by atoms with Gasteiger partial charge in [-0.1, -0.05) is 6.08 Å². The first-order chi connectivity index (χ1) is 5.70. The molecule has 12 heavy (non-hydrogen) atoms. The van der Waals surface area contributed by atoms with Gasteiger partial charge in [0.1, 0.15) is 5.84 Å². The van der Waals surface area contributed by atoms with Crippen LogP contribution < -0.4 is 11.2 Å². The van der Waals surface area contributed by atoms with Gasteiger partial charge in [0.2, 0.25) is 5.90 Å². The third-order valence-electron chi connectivity index (χ3n) is 0.893. The summed E-state index contributed by atoms with van der Waals surface area (Å²) in [6.45, 7) is 3.52. The molecule has 0 aromatic rings. The number of nitrogens with two attached hydrogens (primary N) is 1. The Labute approximate surface area is 72.0 Å². The van der Waals surface area contributed by atoms with Crippen molar-refractivity contribution in [2.75, 3.05) is 7.05 Å². The topological polar surface area (TPSA) is 72.0 Å². The summed E-state index contributed by atoms with van der Waals surface area (Å²) in [5.74, 6) is 0.751. The molecule has 0 aliphatic heterocycles. The lowest BCUT2D eigenvalue weighted by Gasteiger charge is -1.97. The molecule has 0 aliphatic carbocycles. The Morgan fingerprint density at radius 1 is 1.50 bits per heavy atom. The zero-order valence-electron chi connectivity index (χ0n) is 7.53. The van der Waals surface area contributed by atoms with E-state index in [0.29, 0.717) is 11.7 Å². The molecule has 5 nitrogen and oxygen atoms in total. The van der Waals surface area contributed by atoms with Crippen LogP contribution in [-0.4, -0.2) is 18.8 Å². The quantitative estimate of drug-likeness (QED) is 0.366. The molecule has 0 saturated carbocycles. The Bertz CT molecular complexity index is 207. The highest BCUT2D eigenvalue weighted by atomic mass is 16.6. The average molecular weight is 170 g/mol. The maximum absolute atomic E-state index is 5.41. The van der Waals surface area contributed by atoms with E-state index in [2.05, 4.69) is 15.7 Å². The summed E-state index contributed by atoms with van der Waals surface area (Å²) in [6.07, 6.45) is 3.43. The second-order valence-electron chi connectivity index (χ2n) is 1.95. The van der Waals surface area contributed by atoms with Crippen LogP contribution in [0, 0.1) is 0 Å². The molecule has 0 radical (unpaired) electrons. The van der Waals surface area contributed by atoms with E-state index in [0.717, 1.165) is 0 Å². The normalized spacial score (nSPS) is 13.9. The predicted molar refractivity (Wildman–Crippen MR) is 49.7 cm³/mol. The Balaban J connectivity index is 4.07. The second-order valence-corrected chi connectivity index (χ2v) is 1.95. The first-order valence-corrected chi connectivity index (χ1v) is 3.54. The van der Waals surface area contributed by atoms with Crippen LogP contribution in [0.2, 0.25) is 0 Å². The molecule has 0 amide bonds. The number of amidine groups is 1. The molecule has 0 bridgehead atoms. The molecule has 0 rings (SSSR count). The summed E-state index contributed by atoms with van der Waals surface area (Å²) < 4.78 is 0. The monoisotopic (exact) mass is 170 g/mol. The number of nitrogens with zero attached hydrogens (tertiary/aromatic N) is 2. The number of hydroxylamine groups is 1. The minimum atomic E-state index is 0.344. The first-order valence-electron chi connectivity index (χ1n) is 3.54. The Kier molecular flexibility index (Phi) is 5.64. The highest BCUT2D eigenvalue weighted by molar-refractivity contribution is 5.91. The Morgan fingerprint density at radius 3 is 2.67 bits per heavy atom. The SMILES string of the molecule is C\C=C/C(N)=N\N=C(\C)ONC. The lowest BCUT2D eigenvalue weighted by Crippen LogP contribution is -2.12. The lowest BCUT2D eigenvalue weighted by molar-refractivity contribution is 0.206. The van der Waals surface area contributed by atoms with E-state index in [1.807, 2.05) is 6.92 Å². The standard InChI is InChI=1S/C7H14N4O/c1-4-5-7(8)11-10-6(2)12-9-3/h4-5,9H,1-3H3,(H2,8,11)/b5-4-,10-6-.